The van der Waals surface area contributed by atoms with E-state index in [1.165, 1.54) is 11.6 Å². The molecule has 0 aliphatic rings. The second kappa shape index (κ2) is 9.73. The second-order valence-electron chi connectivity index (χ2n) is 6.29. The van der Waals surface area contributed by atoms with E-state index in [4.69, 9.17) is 4.74 Å². The maximum Gasteiger partial charge on any atom is 0.336 e. The van der Waals surface area contributed by atoms with Crippen LogP contribution in [-0.2, 0) is 16.0 Å². The Morgan fingerprint density at radius 1 is 1.04 bits per heavy atom. The number of aromatic carboxylic acids is 1. The van der Waals surface area contributed by atoms with Gasteiger partial charge in [0.2, 0.25) is 5.91 Å². The van der Waals surface area contributed by atoms with Crippen molar-refractivity contribution in [1.29, 1.82) is 0 Å². The molecule has 0 heterocycles. The maximum absolute atomic E-state index is 12.1. The minimum Gasteiger partial charge on any atom is -0.478 e. The maximum atomic E-state index is 12.1. The molecule has 138 valence electrons. The number of carbonyl (C=O) groups is 2. The third kappa shape index (κ3) is 6.01. The van der Waals surface area contributed by atoms with E-state index in [1.807, 2.05) is 25.1 Å². The first-order valence-corrected chi connectivity index (χ1v) is 8.73. The lowest BCUT2D eigenvalue weighted by Gasteiger charge is -2.11. The molecular weight excluding hydrogens is 330 g/mol. The third-order valence-corrected chi connectivity index (χ3v) is 4.15. The highest BCUT2D eigenvalue weighted by Gasteiger charge is 2.12. The summed E-state index contributed by atoms with van der Waals surface area (Å²) < 4.78 is 5.57. The number of amides is 1. The van der Waals surface area contributed by atoms with E-state index in [-0.39, 0.29) is 11.5 Å². The molecule has 2 N–H and O–H groups in total. The number of ether oxygens (including phenoxy) is 1. The van der Waals surface area contributed by atoms with Crippen molar-refractivity contribution in [3.05, 3.63) is 64.7 Å². The van der Waals surface area contributed by atoms with E-state index in [1.54, 1.807) is 13.0 Å². The Balaban J connectivity index is 1.72. The zero-order valence-electron chi connectivity index (χ0n) is 15.2. The molecule has 5 nitrogen and oxygen atoms in total. The Kier molecular flexibility index (Phi) is 7.36. The minimum atomic E-state index is -0.996. The summed E-state index contributed by atoms with van der Waals surface area (Å²) in [6.45, 7) is 4.74. The SMILES string of the molecule is Cc1cc(C)c(C(=O)O)cc1NC(=O)CCCOCCc1ccccc1. The monoisotopic (exact) mass is 355 g/mol. The summed E-state index contributed by atoms with van der Waals surface area (Å²) in [6, 6.07) is 13.4. The highest BCUT2D eigenvalue weighted by Crippen LogP contribution is 2.21. The molecule has 0 spiro atoms. The molecule has 0 saturated heterocycles. The van der Waals surface area contributed by atoms with Gasteiger partial charge in [0.25, 0.3) is 0 Å². The van der Waals surface area contributed by atoms with Gasteiger partial charge < -0.3 is 15.2 Å². The van der Waals surface area contributed by atoms with Gasteiger partial charge >= 0.3 is 5.97 Å². The molecule has 0 aromatic heterocycles. The first-order chi connectivity index (χ1) is 12.5. The van der Waals surface area contributed by atoms with Crippen LogP contribution in [-0.4, -0.2) is 30.2 Å². The van der Waals surface area contributed by atoms with Crippen LogP contribution in [0.1, 0.15) is 39.9 Å². The molecule has 0 radical (unpaired) electrons. The molecule has 0 aliphatic heterocycles. The molecule has 26 heavy (non-hydrogen) atoms. The number of aryl methyl sites for hydroxylation is 2. The Hall–Kier alpha value is -2.66. The fourth-order valence-corrected chi connectivity index (χ4v) is 2.70. The van der Waals surface area contributed by atoms with Crippen molar-refractivity contribution < 1.29 is 19.4 Å². The van der Waals surface area contributed by atoms with Gasteiger partial charge in [-0.1, -0.05) is 36.4 Å². The second-order valence-corrected chi connectivity index (χ2v) is 6.29. The van der Waals surface area contributed by atoms with E-state index < -0.39 is 5.97 Å². The zero-order valence-corrected chi connectivity index (χ0v) is 15.2. The normalized spacial score (nSPS) is 10.5. The quantitative estimate of drug-likeness (QED) is 0.667. The van der Waals surface area contributed by atoms with E-state index in [0.29, 0.717) is 37.3 Å². The summed E-state index contributed by atoms with van der Waals surface area (Å²) in [6.07, 6.45) is 1.81. The molecule has 1 amide bonds. The van der Waals surface area contributed by atoms with Gasteiger partial charge in [0.1, 0.15) is 0 Å². The lowest BCUT2D eigenvalue weighted by atomic mass is 10.0. The van der Waals surface area contributed by atoms with E-state index in [9.17, 15) is 14.7 Å². The van der Waals surface area contributed by atoms with Crippen molar-refractivity contribution in [3.63, 3.8) is 0 Å². The Morgan fingerprint density at radius 3 is 2.46 bits per heavy atom. The van der Waals surface area contributed by atoms with Gasteiger partial charge in [0.15, 0.2) is 0 Å². The van der Waals surface area contributed by atoms with Crippen molar-refractivity contribution in [2.75, 3.05) is 18.5 Å². The molecule has 0 saturated carbocycles. The van der Waals surface area contributed by atoms with Gasteiger partial charge in [0, 0.05) is 18.7 Å². The van der Waals surface area contributed by atoms with Crippen LogP contribution in [0.15, 0.2) is 42.5 Å². The predicted molar refractivity (Wildman–Crippen MR) is 102 cm³/mol. The van der Waals surface area contributed by atoms with E-state index >= 15 is 0 Å². The van der Waals surface area contributed by atoms with Crippen LogP contribution < -0.4 is 5.32 Å². The smallest absolute Gasteiger partial charge is 0.336 e. The fraction of sp³-hybridized carbons (Fsp3) is 0.333. The molecule has 5 heteroatoms. The molecule has 0 bridgehead atoms. The van der Waals surface area contributed by atoms with Crippen LogP contribution in [0.3, 0.4) is 0 Å². The summed E-state index contributed by atoms with van der Waals surface area (Å²) in [5.74, 6) is -1.13. The molecule has 0 atom stereocenters. The first-order valence-electron chi connectivity index (χ1n) is 8.73. The van der Waals surface area contributed by atoms with Gasteiger partial charge in [-0.15, -0.1) is 0 Å². The van der Waals surface area contributed by atoms with Crippen molar-refractivity contribution in [3.8, 4) is 0 Å². The fourth-order valence-electron chi connectivity index (χ4n) is 2.70. The van der Waals surface area contributed by atoms with Crippen molar-refractivity contribution in [2.45, 2.75) is 33.1 Å². The van der Waals surface area contributed by atoms with Crippen LogP contribution in [0.5, 0.6) is 0 Å². The number of rotatable bonds is 9. The van der Waals surface area contributed by atoms with Gasteiger partial charge in [-0.25, -0.2) is 4.79 Å². The Bertz CT molecular complexity index is 756. The Morgan fingerprint density at radius 2 is 1.77 bits per heavy atom. The van der Waals surface area contributed by atoms with Gasteiger partial charge in [-0.05, 0) is 49.4 Å². The number of hydrogen-bond acceptors (Lipinski definition) is 3. The molecular formula is C21H25NO4. The average molecular weight is 355 g/mol. The summed E-state index contributed by atoms with van der Waals surface area (Å²) >= 11 is 0. The molecule has 2 aromatic carbocycles. The minimum absolute atomic E-state index is 0.139. The number of anilines is 1. The third-order valence-electron chi connectivity index (χ3n) is 4.15. The molecule has 0 aliphatic carbocycles. The van der Waals surface area contributed by atoms with E-state index in [2.05, 4.69) is 17.4 Å². The van der Waals surface area contributed by atoms with Crippen molar-refractivity contribution >= 4 is 17.6 Å². The van der Waals surface area contributed by atoms with Gasteiger partial charge in [-0.3, -0.25) is 4.79 Å². The molecule has 2 rings (SSSR count). The Labute approximate surface area is 154 Å². The lowest BCUT2D eigenvalue weighted by Crippen LogP contribution is -2.14. The average Bonchev–Trinajstić information content (AvgIpc) is 2.61. The van der Waals surface area contributed by atoms with Gasteiger partial charge in [0.05, 0.1) is 12.2 Å². The summed E-state index contributed by atoms with van der Waals surface area (Å²) in [7, 11) is 0. The number of nitrogens with one attached hydrogen (secondary N) is 1. The summed E-state index contributed by atoms with van der Waals surface area (Å²) in [5, 5.41) is 12.0. The number of carbonyl (C=O) groups excluding carboxylic acids is 1. The van der Waals surface area contributed by atoms with Crippen LogP contribution in [0.2, 0.25) is 0 Å². The summed E-state index contributed by atoms with van der Waals surface area (Å²) in [4.78, 5) is 23.3. The van der Waals surface area contributed by atoms with Crippen molar-refractivity contribution in [1.82, 2.24) is 0 Å². The number of hydrogen-bond donors (Lipinski definition) is 2. The number of benzene rings is 2. The van der Waals surface area contributed by atoms with Crippen LogP contribution in [0.4, 0.5) is 5.69 Å². The largest absolute Gasteiger partial charge is 0.478 e. The van der Waals surface area contributed by atoms with Crippen LogP contribution in [0.25, 0.3) is 0 Å². The highest BCUT2D eigenvalue weighted by molar-refractivity contribution is 5.95. The number of carboxylic acids is 1. The van der Waals surface area contributed by atoms with Crippen LogP contribution >= 0.6 is 0 Å². The molecule has 0 fully saturated rings. The standard InChI is InChI=1S/C21H25NO4/c1-15-13-16(2)19(14-18(15)21(24)25)22-20(23)9-6-11-26-12-10-17-7-4-3-5-8-17/h3-5,7-8,13-14H,6,9-12H2,1-2H3,(H,22,23)(H,24,25). The lowest BCUT2D eigenvalue weighted by molar-refractivity contribution is -0.116. The molecule has 0 unspecified atom stereocenters. The van der Waals surface area contributed by atoms with Crippen molar-refractivity contribution in [2.24, 2.45) is 0 Å². The summed E-state index contributed by atoms with van der Waals surface area (Å²) in [5.41, 5.74) is 3.51. The topological polar surface area (TPSA) is 75.6 Å². The highest BCUT2D eigenvalue weighted by atomic mass is 16.5. The van der Waals surface area contributed by atoms with Crippen LogP contribution in [0, 0.1) is 13.8 Å². The molecule has 2 aromatic rings. The van der Waals surface area contributed by atoms with E-state index in [0.717, 1.165) is 12.0 Å². The number of carboxylic acid groups (broad SMARTS) is 1. The van der Waals surface area contributed by atoms with Gasteiger partial charge in [-0.2, -0.15) is 0 Å². The predicted octanol–water partition coefficient (Wildman–Crippen LogP) is 3.98. The first kappa shape index (κ1) is 19.7. The zero-order chi connectivity index (χ0) is 18.9.